The van der Waals surface area contributed by atoms with Crippen molar-refractivity contribution in [3.8, 4) is 0 Å². The molecule has 1 aromatic carbocycles. The Bertz CT molecular complexity index is 436. The van der Waals surface area contributed by atoms with Crippen LogP contribution >= 0.6 is 15.9 Å². The molecule has 0 aliphatic carbocycles. The van der Waals surface area contributed by atoms with Crippen LogP contribution in [0.5, 0.6) is 0 Å². The van der Waals surface area contributed by atoms with Gasteiger partial charge in [0.15, 0.2) is 0 Å². The second-order valence-corrected chi connectivity index (χ2v) is 6.89. The molecule has 2 atom stereocenters. The fourth-order valence-corrected chi connectivity index (χ4v) is 3.31. The number of aliphatic hydroxyl groups is 1. The normalized spacial score (nSPS) is 25.0. The van der Waals surface area contributed by atoms with E-state index in [9.17, 15) is 5.11 Å². The van der Waals surface area contributed by atoms with E-state index in [-0.39, 0.29) is 0 Å². The molecule has 20 heavy (non-hydrogen) atoms. The van der Waals surface area contributed by atoms with Crippen LogP contribution in [0.4, 0.5) is 0 Å². The molecule has 1 aromatic rings. The molecule has 112 valence electrons. The zero-order valence-corrected chi connectivity index (χ0v) is 14.0. The van der Waals surface area contributed by atoms with Crippen LogP contribution in [0.15, 0.2) is 28.7 Å². The molecule has 0 saturated carbocycles. The van der Waals surface area contributed by atoms with Crippen molar-refractivity contribution >= 4 is 15.9 Å². The first kappa shape index (κ1) is 16.0. The lowest BCUT2D eigenvalue weighted by atomic mass is 10.0. The van der Waals surface area contributed by atoms with Crippen molar-refractivity contribution in [1.29, 1.82) is 0 Å². The Morgan fingerprint density at radius 3 is 2.90 bits per heavy atom. The highest BCUT2D eigenvalue weighted by molar-refractivity contribution is 9.10. The Morgan fingerprint density at radius 1 is 1.50 bits per heavy atom. The first-order valence-corrected chi connectivity index (χ1v) is 8.23. The van der Waals surface area contributed by atoms with Gasteiger partial charge in [-0.3, -0.25) is 0 Å². The lowest BCUT2D eigenvalue weighted by Crippen LogP contribution is -2.32. The van der Waals surface area contributed by atoms with Gasteiger partial charge in [0.05, 0.1) is 5.60 Å². The standard InChI is InChI=1S/C16H25BrN2O/c1-3-18-15(13-5-4-6-14(17)11-13)7-9-19-10-8-16(2,20)12-19/h4-6,11,15,18,20H,3,7-10,12H2,1-2H3. The first-order chi connectivity index (χ1) is 9.50. The average Bonchev–Trinajstić information content (AvgIpc) is 2.74. The van der Waals surface area contributed by atoms with Gasteiger partial charge in [0.25, 0.3) is 0 Å². The zero-order valence-electron chi connectivity index (χ0n) is 12.4. The summed E-state index contributed by atoms with van der Waals surface area (Å²) < 4.78 is 1.13. The Balaban J connectivity index is 1.93. The minimum Gasteiger partial charge on any atom is -0.389 e. The van der Waals surface area contributed by atoms with Crippen molar-refractivity contribution in [2.24, 2.45) is 0 Å². The number of likely N-dealkylation sites (tertiary alicyclic amines) is 1. The van der Waals surface area contributed by atoms with Gasteiger partial charge >= 0.3 is 0 Å². The number of nitrogens with zero attached hydrogens (tertiary/aromatic N) is 1. The van der Waals surface area contributed by atoms with Crippen LogP contribution in [0.25, 0.3) is 0 Å². The van der Waals surface area contributed by atoms with E-state index in [1.54, 1.807) is 0 Å². The van der Waals surface area contributed by atoms with Crippen molar-refractivity contribution in [3.63, 3.8) is 0 Å². The first-order valence-electron chi connectivity index (χ1n) is 7.44. The molecular formula is C16H25BrN2O. The van der Waals surface area contributed by atoms with Gasteiger partial charge in [-0.25, -0.2) is 0 Å². The second kappa shape index (κ2) is 7.03. The molecule has 2 rings (SSSR count). The Morgan fingerprint density at radius 2 is 2.30 bits per heavy atom. The number of nitrogens with one attached hydrogen (secondary N) is 1. The van der Waals surface area contributed by atoms with Crippen LogP contribution in [-0.2, 0) is 0 Å². The van der Waals surface area contributed by atoms with Crippen LogP contribution in [0.2, 0.25) is 0 Å². The van der Waals surface area contributed by atoms with Crippen molar-refractivity contribution in [2.75, 3.05) is 26.2 Å². The number of hydrogen-bond acceptors (Lipinski definition) is 3. The molecule has 1 heterocycles. The molecular weight excluding hydrogens is 316 g/mol. The number of rotatable bonds is 6. The predicted molar refractivity (Wildman–Crippen MR) is 86.9 cm³/mol. The zero-order chi connectivity index (χ0) is 14.6. The van der Waals surface area contributed by atoms with Crippen LogP contribution in [0, 0.1) is 0 Å². The molecule has 0 amide bonds. The molecule has 0 spiro atoms. The summed E-state index contributed by atoms with van der Waals surface area (Å²) in [7, 11) is 0. The van der Waals surface area contributed by atoms with E-state index < -0.39 is 5.60 Å². The van der Waals surface area contributed by atoms with Gasteiger partial charge in [0, 0.05) is 30.1 Å². The third kappa shape index (κ3) is 4.55. The lowest BCUT2D eigenvalue weighted by molar-refractivity contribution is 0.0683. The summed E-state index contributed by atoms with van der Waals surface area (Å²) in [4.78, 5) is 2.36. The quantitative estimate of drug-likeness (QED) is 0.835. The van der Waals surface area contributed by atoms with Crippen molar-refractivity contribution in [3.05, 3.63) is 34.3 Å². The number of hydrogen-bond donors (Lipinski definition) is 2. The molecule has 0 radical (unpaired) electrons. The second-order valence-electron chi connectivity index (χ2n) is 5.98. The SMILES string of the molecule is CCNC(CCN1CCC(C)(O)C1)c1cccc(Br)c1. The summed E-state index contributed by atoms with van der Waals surface area (Å²) in [6.07, 6.45) is 1.95. The molecule has 1 fully saturated rings. The summed E-state index contributed by atoms with van der Waals surface area (Å²) in [6, 6.07) is 8.89. The highest BCUT2D eigenvalue weighted by atomic mass is 79.9. The minimum absolute atomic E-state index is 0.378. The summed E-state index contributed by atoms with van der Waals surface area (Å²) >= 11 is 3.54. The predicted octanol–water partition coefficient (Wildman–Crippen LogP) is 2.95. The molecule has 2 unspecified atom stereocenters. The van der Waals surface area contributed by atoms with Gasteiger partial charge in [-0.2, -0.15) is 0 Å². The maximum atomic E-state index is 10.0. The van der Waals surface area contributed by atoms with E-state index in [0.29, 0.717) is 6.04 Å². The van der Waals surface area contributed by atoms with E-state index in [0.717, 1.165) is 43.5 Å². The van der Waals surface area contributed by atoms with Crippen LogP contribution in [-0.4, -0.2) is 41.8 Å². The molecule has 0 bridgehead atoms. The van der Waals surface area contributed by atoms with E-state index >= 15 is 0 Å². The maximum Gasteiger partial charge on any atom is 0.0758 e. The minimum atomic E-state index is -0.497. The average molecular weight is 341 g/mol. The molecule has 3 nitrogen and oxygen atoms in total. The fourth-order valence-electron chi connectivity index (χ4n) is 2.90. The van der Waals surface area contributed by atoms with E-state index in [2.05, 4.69) is 57.3 Å². The van der Waals surface area contributed by atoms with Crippen LogP contribution < -0.4 is 5.32 Å². The largest absolute Gasteiger partial charge is 0.389 e. The monoisotopic (exact) mass is 340 g/mol. The summed E-state index contributed by atoms with van der Waals surface area (Å²) in [5, 5.41) is 13.6. The summed E-state index contributed by atoms with van der Waals surface area (Å²) in [5.74, 6) is 0. The number of benzene rings is 1. The Kier molecular flexibility index (Phi) is 5.61. The summed E-state index contributed by atoms with van der Waals surface area (Å²) in [5.41, 5.74) is 0.830. The lowest BCUT2D eigenvalue weighted by Gasteiger charge is -2.23. The number of β-amino-alcohol motifs (C(OH)–C–C–N with tert-alkyl or cyclic N) is 1. The van der Waals surface area contributed by atoms with Crippen LogP contribution in [0.1, 0.15) is 38.3 Å². The molecule has 1 aliphatic heterocycles. The van der Waals surface area contributed by atoms with E-state index in [4.69, 9.17) is 0 Å². The molecule has 4 heteroatoms. The van der Waals surface area contributed by atoms with Crippen molar-refractivity contribution in [1.82, 2.24) is 10.2 Å². The highest BCUT2D eigenvalue weighted by Gasteiger charge is 2.31. The van der Waals surface area contributed by atoms with Gasteiger partial charge < -0.3 is 15.3 Å². The smallest absolute Gasteiger partial charge is 0.0758 e. The summed E-state index contributed by atoms with van der Waals surface area (Å²) in [6.45, 7) is 7.87. The molecule has 0 aromatic heterocycles. The van der Waals surface area contributed by atoms with Crippen molar-refractivity contribution in [2.45, 2.75) is 38.3 Å². The maximum absolute atomic E-state index is 10.0. The van der Waals surface area contributed by atoms with Gasteiger partial charge in [-0.1, -0.05) is 35.0 Å². The molecule has 1 aliphatic rings. The topological polar surface area (TPSA) is 35.5 Å². The van der Waals surface area contributed by atoms with Gasteiger partial charge in [-0.15, -0.1) is 0 Å². The van der Waals surface area contributed by atoms with Gasteiger partial charge in [0.1, 0.15) is 0 Å². The van der Waals surface area contributed by atoms with Crippen molar-refractivity contribution < 1.29 is 5.11 Å². The van der Waals surface area contributed by atoms with Gasteiger partial charge in [-0.05, 0) is 44.0 Å². The van der Waals surface area contributed by atoms with E-state index in [1.807, 2.05) is 6.92 Å². The highest BCUT2D eigenvalue weighted by Crippen LogP contribution is 2.24. The Hall–Kier alpha value is -0.420. The third-order valence-corrected chi connectivity index (χ3v) is 4.46. The van der Waals surface area contributed by atoms with Crippen LogP contribution in [0.3, 0.4) is 0 Å². The van der Waals surface area contributed by atoms with E-state index in [1.165, 1.54) is 5.56 Å². The third-order valence-electron chi connectivity index (χ3n) is 3.97. The van der Waals surface area contributed by atoms with Gasteiger partial charge in [0.2, 0.25) is 0 Å². The fraction of sp³-hybridized carbons (Fsp3) is 0.625. The Labute approximate surface area is 130 Å². The number of halogens is 1. The molecule has 1 saturated heterocycles. The molecule has 2 N–H and O–H groups in total.